The van der Waals surface area contributed by atoms with E-state index < -0.39 is 12.0 Å². The summed E-state index contributed by atoms with van der Waals surface area (Å²) in [5, 5.41) is 11.9. The number of carboxylic acids is 1. The number of aryl methyl sites for hydroxylation is 1. The van der Waals surface area contributed by atoms with Crippen molar-refractivity contribution in [3.05, 3.63) is 35.4 Å². The maximum absolute atomic E-state index is 12.1. The normalized spacial score (nSPS) is 22.8. The molecule has 0 aliphatic heterocycles. The second-order valence-electron chi connectivity index (χ2n) is 5.77. The zero-order valence-corrected chi connectivity index (χ0v) is 12.2. The van der Waals surface area contributed by atoms with Gasteiger partial charge >= 0.3 is 5.97 Å². The molecule has 3 unspecified atom stereocenters. The van der Waals surface area contributed by atoms with Gasteiger partial charge in [-0.05, 0) is 31.2 Å². The predicted octanol–water partition coefficient (Wildman–Crippen LogP) is 1.61. The fourth-order valence-electron chi connectivity index (χ4n) is 2.87. The Balaban J connectivity index is 1.89. The van der Waals surface area contributed by atoms with Gasteiger partial charge in [0.25, 0.3) is 0 Å². The molecule has 0 saturated heterocycles. The van der Waals surface area contributed by atoms with Crippen LogP contribution in [0.15, 0.2) is 24.3 Å². The third-order valence-electron chi connectivity index (χ3n) is 4.23. The minimum absolute atomic E-state index is 0.0108. The summed E-state index contributed by atoms with van der Waals surface area (Å²) in [6, 6.07) is 6.81. The number of carbonyl (C=O) groups is 2. The monoisotopic (exact) mass is 290 g/mol. The lowest BCUT2D eigenvalue weighted by atomic mass is 9.96. The van der Waals surface area contributed by atoms with Crippen LogP contribution in [0.4, 0.5) is 0 Å². The summed E-state index contributed by atoms with van der Waals surface area (Å²) in [5.41, 5.74) is 7.82. The van der Waals surface area contributed by atoms with E-state index in [0.717, 1.165) is 24.0 Å². The molecule has 3 atom stereocenters. The Morgan fingerprint density at radius 1 is 1.33 bits per heavy atom. The van der Waals surface area contributed by atoms with Crippen molar-refractivity contribution in [3.63, 3.8) is 0 Å². The second kappa shape index (κ2) is 6.72. The molecule has 0 bridgehead atoms. The third-order valence-corrected chi connectivity index (χ3v) is 4.23. The maximum Gasteiger partial charge on any atom is 0.306 e. The molecular weight excluding hydrogens is 268 g/mol. The smallest absolute Gasteiger partial charge is 0.306 e. The van der Waals surface area contributed by atoms with Crippen LogP contribution in [0.25, 0.3) is 0 Å². The van der Waals surface area contributed by atoms with Gasteiger partial charge in [0.15, 0.2) is 0 Å². The van der Waals surface area contributed by atoms with Crippen LogP contribution in [0.5, 0.6) is 0 Å². The quantitative estimate of drug-likeness (QED) is 0.768. The summed E-state index contributed by atoms with van der Waals surface area (Å²) >= 11 is 0. The van der Waals surface area contributed by atoms with Gasteiger partial charge in [0, 0.05) is 6.54 Å². The number of nitrogens with two attached hydrogens (primary N) is 1. The lowest BCUT2D eigenvalue weighted by Crippen LogP contribution is -2.38. The molecule has 114 valence electrons. The molecular formula is C16H22N2O3. The number of amides is 1. The molecule has 4 N–H and O–H groups in total. The van der Waals surface area contributed by atoms with Crippen LogP contribution in [-0.4, -0.2) is 23.5 Å². The molecule has 2 rings (SSSR count). The van der Waals surface area contributed by atoms with Gasteiger partial charge in [-0.3, -0.25) is 9.59 Å². The van der Waals surface area contributed by atoms with Crippen LogP contribution in [0, 0.1) is 18.8 Å². The van der Waals surface area contributed by atoms with Gasteiger partial charge in [-0.15, -0.1) is 0 Å². The van der Waals surface area contributed by atoms with Gasteiger partial charge in [-0.25, -0.2) is 0 Å². The minimum Gasteiger partial charge on any atom is -0.481 e. The first kappa shape index (κ1) is 15.5. The topological polar surface area (TPSA) is 92.4 Å². The molecule has 1 amide bonds. The van der Waals surface area contributed by atoms with Crippen molar-refractivity contribution < 1.29 is 14.7 Å². The molecule has 1 fully saturated rings. The highest BCUT2D eigenvalue weighted by Gasteiger charge is 2.33. The summed E-state index contributed by atoms with van der Waals surface area (Å²) in [6.07, 6.45) is 2.44. The van der Waals surface area contributed by atoms with E-state index in [9.17, 15) is 9.59 Å². The Kier molecular flexibility index (Phi) is 4.96. The summed E-state index contributed by atoms with van der Waals surface area (Å²) < 4.78 is 0. The number of aliphatic carboxylic acids is 1. The van der Waals surface area contributed by atoms with Crippen molar-refractivity contribution in [3.8, 4) is 0 Å². The van der Waals surface area contributed by atoms with E-state index in [1.807, 2.05) is 31.2 Å². The first-order valence-corrected chi connectivity index (χ1v) is 7.31. The number of rotatable bonds is 5. The molecule has 1 saturated carbocycles. The molecule has 0 aromatic heterocycles. The van der Waals surface area contributed by atoms with Crippen LogP contribution < -0.4 is 11.1 Å². The predicted molar refractivity (Wildman–Crippen MR) is 79.6 cm³/mol. The van der Waals surface area contributed by atoms with Crippen LogP contribution >= 0.6 is 0 Å². The number of benzene rings is 1. The fourth-order valence-corrected chi connectivity index (χ4v) is 2.87. The number of carbonyl (C=O) groups excluding carboxylic acids is 1. The van der Waals surface area contributed by atoms with E-state index in [-0.39, 0.29) is 17.7 Å². The Labute approximate surface area is 124 Å². The largest absolute Gasteiger partial charge is 0.481 e. The Morgan fingerprint density at radius 3 is 2.62 bits per heavy atom. The summed E-state index contributed by atoms with van der Waals surface area (Å²) in [6.45, 7) is 2.36. The molecule has 0 spiro atoms. The Hall–Kier alpha value is -1.88. The number of hydrogen-bond donors (Lipinski definition) is 3. The van der Waals surface area contributed by atoms with Gasteiger partial charge in [-0.1, -0.05) is 36.2 Å². The molecule has 0 heterocycles. The van der Waals surface area contributed by atoms with Crippen LogP contribution in [0.1, 0.15) is 36.4 Å². The van der Waals surface area contributed by atoms with E-state index in [0.29, 0.717) is 13.0 Å². The van der Waals surface area contributed by atoms with Gasteiger partial charge in [0.05, 0.1) is 5.92 Å². The molecule has 1 aliphatic carbocycles. The van der Waals surface area contributed by atoms with Crippen molar-refractivity contribution in [2.24, 2.45) is 17.6 Å². The number of hydrogen-bond acceptors (Lipinski definition) is 3. The Morgan fingerprint density at radius 2 is 2.00 bits per heavy atom. The second-order valence-corrected chi connectivity index (χ2v) is 5.77. The summed E-state index contributed by atoms with van der Waals surface area (Å²) in [5.74, 6) is -1.36. The third kappa shape index (κ3) is 3.82. The average molecular weight is 290 g/mol. The molecule has 5 heteroatoms. The van der Waals surface area contributed by atoms with Crippen LogP contribution in [0.2, 0.25) is 0 Å². The summed E-state index contributed by atoms with van der Waals surface area (Å²) in [4.78, 5) is 23.2. The maximum atomic E-state index is 12.1. The highest BCUT2D eigenvalue weighted by molar-refractivity contribution is 5.83. The fraction of sp³-hybridized carbons (Fsp3) is 0.500. The van der Waals surface area contributed by atoms with Crippen molar-refractivity contribution in [1.82, 2.24) is 5.32 Å². The first-order chi connectivity index (χ1) is 9.99. The molecule has 1 aromatic rings. The van der Waals surface area contributed by atoms with Crippen LogP contribution in [0.3, 0.4) is 0 Å². The van der Waals surface area contributed by atoms with Crippen molar-refractivity contribution >= 4 is 11.9 Å². The number of nitrogens with one attached hydrogen (secondary N) is 1. The lowest BCUT2D eigenvalue weighted by Gasteiger charge is -2.18. The zero-order chi connectivity index (χ0) is 15.4. The van der Waals surface area contributed by atoms with E-state index >= 15 is 0 Å². The highest BCUT2D eigenvalue weighted by atomic mass is 16.4. The number of carboxylic acid groups (broad SMARTS) is 1. The van der Waals surface area contributed by atoms with Gasteiger partial charge in [0.1, 0.15) is 6.04 Å². The Bertz CT molecular complexity index is 513. The van der Waals surface area contributed by atoms with Gasteiger partial charge in [0.2, 0.25) is 5.91 Å². The molecule has 1 aromatic carbocycles. The minimum atomic E-state index is -0.769. The van der Waals surface area contributed by atoms with Crippen LogP contribution in [-0.2, 0) is 9.59 Å². The van der Waals surface area contributed by atoms with E-state index in [4.69, 9.17) is 10.8 Å². The zero-order valence-electron chi connectivity index (χ0n) is 12.2. The van der Waals surface area contributed by atoms with Crippen molar-refractivity contribution in [2.75, 3.05) is 6.54 Å². The van der Waals surface area contributed by atoms with E-state index in [2.05, 4.69) is 5.32 Å². The molecule has 0 radical (unpaired) electrons. The first-order valence-electron chi connectivity index (χ1n) is 7.31. The van der Waals surface area contributed by atoms with Crippen molar-refractivity contribution in [1.29, 1.82) is 0 Å². The highest BCUT2D eigenvalue weighted by Crippen LogP contribution is 2.31. The van der Waals surface area contributed by atoms with E-state index in [1.165, 1.54) is 0 Å². The van der Waals surface area contributed by atoms with Gasteiger partial charge < -0.3 is 16.2 Å². The molecule has 21 heavy (non-hydrogen) atoms. The van der Waals surface area contributed by atoms with Crippen molar-refractivity contribution in [2.45, 2.75) is 32.2 Å². The SMILES string of the molecule is Cc1ccc(C(N)C(=O)NCC2CCCC2C(=O)O)cc1. The van der Waals surface area contributed by atoms with E-state index in [1.54, 1.807) is 0 Å². The molecule has 5 nitrogen and oxygen atoms in total. The average Bonchev–Trinajstić information content (AvgIpc) is 2.93. The standard InChI is InChI=1S/C16H22N2O3/c1-10-5-7-11(8-6-10)14(17)15(19)18-9-12-3-2-4-13(12)16(20)21/h5-8,12-14H,2-4,9,17H2,1H3,(H,18,19)(H,20,21). The molecule has 1 aliphatic rings. The lowest BCUT2D eigenvalue weighted by molar-refractivity contribution is -0.143. The van der Waals surface area contributed by atoms with Gasteiger partial charge in [-0.2, -0.15) is 0 Å². The summed E-state index contributed by atoms with van der Waals surface area (Å²) in [7, 11) is 0.